The minimum atomic E-state index is -1.05. The molecule has 8 nitrogen and oxygen atoms in total. The Labute approximate surface area is 193 Å². The largest absolute Gasteiger partial charge is 0.497 e. The molecule has 34 heavy (non-hydrogen) atoms. The van der Waals surface area contributed by atoms with Crippen molar-refractivity contribution in [2.45, 2.75) is 18.9 Å². The standard InChI is InChI=1S/C23H22F3N7O/c1-34-16-4-2-14(3-5-16)29-22-28-12-19-21(32-22)33(15-6-8-27-9-7-15)23(30-19)31-20-17(25)10-13(24)11-18(20)26/h2-5,10-12,15,27H,6-9H2,1H3,(H,30,31)(H,28,29,32). The summed E-state index contributed by atoms with van der Waals surface area (Å²) in [5.41, 5.74) is 1.27. The van der Waals surface area contributed by atoms with E-state index in [9.17, 15) is 13.2 Å². The smallest absolute Gasteiger partial charge is 0.229 e. The first-order valence-electron chi connectivity index (χ1n) is 10.8. The molecule has 2 aromatic carbocycles. The number of imidazole rings is 1. The molecule has 2 aromatic heterocycles. The zero-order valence-corrected chi connectivity index (χ0v) is 18.3. The third-order valence-corrected chi connectivity index (χ3v) is 5.70. The lowest BCUT2D eigenvalue weighted by molar-refractivity contribution is 0.376. The van der Waals surface area contributed by atoms with Crippen LogP contribution in [0.2, 0.25) is 0 Å². The summed E-state index contributed by atoms with van der Waals surface area (Å²) < 4.78 is 49.1. The average Bonchev–Trinajstić information content (AvgIpc) is 3.19. The molecule has 0 atom stereocenters. The molecule has 4 aromatic rings. The zero-order chi connectivity index (χ0) is 23.7. The van der Waals surface area contributed by atoms with Crippen molar-refractivity contribution >= 4 is 34.4 Å². The predicted octanol–water partition coefficient (Wildman–Crippen LogP) is 4.66. The van der Waals surface area contributed by atoms with Gasteiger partial charge in [-0.3, -0.25) is 4.57 Å². The molecule has 1 aliphatic rings. The fourth-order valence-electron chi connectivity index (χ4n) is 4.03. The molecule has 0 radical (unpaired) electrons. The molecule has 1 saturated heterocycles. The Morgan fingerprint density at radius 3 is 2.38 bits per heavy atom. The molecule has 0 spiro atoms. The molecular formula is C23H22F3N7O. The lowest BCUT2D eigenvalue weighted by Crippen LogP contribution is -2.30. The van der Waals surface area contributed by atoms with Crippen molar-refractivity contribution in [1.82, 2.24) is 24.8 Å². The molecule has 1 aliphatic heterocycles. The van der Waals surface area contributed by atoms with Crippen LogP contribution in [0, 0.1) is 17.5 Å². The van der Waals surface area contributed by atoms with E-state index in [1.165, 1.54) is 0 Å². The predicted molar refractivity (Wildman–Crippen MR) is 122 cm³/mol. The van der Waals surface area contributed by atoms with Crippen molar-refractivity contribution in [3.05, 3.63) is 60.0 Å². The van der Waals surface area contributed by atoms with Gasteiger partial charge >= 0.3 is 0 Å². The number of fused-ring (bicyclic) bond motifs is 1. The van der Waals surface area contributed by atoms with E-state index >= 15 is 0 Å². The van der Waals surface area contributed by atoms with Gasteiger partial charge in [0.05, 0.1) is 13.3 Å². The summed E-state index contributed by atoms with van der Waals surface area (Å²) in [5.74, 6) is -1.81. The molecule has 5 rings (SSSR count). The maximum atomic E-state index is 14.4. The third kappa shape index (κ3) is 4.34. The number of nitrogens with zero attached hydrogens (tertiary/aromatic N) is 4. The van der Waals surface area contributed by atoms with E-state index in [1.807, 2.05) is 28.8 Å². The number of piperidine rings is 1. The van der Waals surface area contributed by atoms with Crippen LogP contribution in [-0.4, -0.2) is 39.7 Å². The number of anilines is 4. The van der Waals surface area contributed by atoms with Crippen molar-refractivity contribution in [3.63, 3.8) is 0 Å². The quantitative estimate of drug-likeness (QED) is 0.378. The summed E-state index contributed by atoms with van der Waals surface area (Å²) in [7, 11) is 1.59. The summed E-state index contributed by atoms with van der Waals surface area (Å²) in [6.45, 7) is 1.57. The van der Waals surface area contributed by atoms with Gasteiger partial charge in [-0.15, -0.1) is 0 Å². The Morgan fingerprint density at radius 2 is 1.71 bits per heavy atom. The number of benzene rings is 2. The van der Waals surface area contributed by atoms with Crippen LogP contribution < -0.4 is 20.7 Å². The molecule has 0 bridgehead atoms. The minimum Gasteiger partial charge on any atom is -0.497 e. The highest BCUT2D eigenvalue weighted by Crippen LogP contribution is 2.32. The van der Waals surface area contributed by atoms with Crippen LogP contribution in [0.3, 0.4) is 0 Å². The van der Waals surface area contributed by atoms with Gasteiger partial charge in [0.2, 0.25) is 11.9 Å². The second-order valence-corrected chi connectivity index (χ2v) is 7.91. The minimum absolute atomic E-state index is 0.0101. The Kier molecular flexibility index (Phi) is 5.93. The number of halogens is 3. The lowest BCUT2D eigenvalue weighted by atomic mass is 10.1. The van der Waals surface area contributed by atoms with Crippen molar-refractivity contribution in [3.8, 4) is 5.75 Å². The van der Waals surface area contributed by atoms with Crippen LogP contribution in [0.5, 0.6) is 5.75 Å². The number of nitrogens with one attached hydrogen (secondary N) is 3. The highest BCUT2D eigenvalue weighted by molar-refractivity contribution is 5.77. The third-order valence-electron chi connectivity index (χ3n) is 5.70. The SMILES string of the molecule is COc1ccc(Nc2ncc3nc(Nc4c(F)cc(F)cc4F)n(C4CCNCC4)c3n2)cc1. The fraction of sp³-hybridized carbons (Fsp3) is 0.261. The van der Waals surface area contributed by atoms with Crippen LogP contribution in [-0.2, 0) is 0 Å². The maximum absolute atomic E-state index is 14.4. The number of ether oxygens (including phenoxy) is 1. The maximum Gasteiger partial charge on any atom is 0.229 e. The topological polar surface area (TPSA) is 88.9 Å². The molecule has 0 saturated carbocycles. The Hall–Kier alpha value is -3.86. The first-order chi connectivity index (χ1) is 16.5. The van der Waals surface area contributed by atoms with Gasteiger partial charge < -0.3 is 20.7 Å². The van der Waals surface area contributed by atoms with Crippen molar-refractivity contribution in [2.75, 3.05) is 30.8 Å². The van der Waals surface area contributed by atoms with Gasteiger partial charge in [-0.05, 0) is 50.2 Å². The second-order valence-electron chi connectivity index (χ2n) is 7.91. The normalized spacial score (nSPS) is 14.4. The van der Waals surface area contributed by atoms with Crippen molar-refractivity contribution in [1.29, 1.82) is 0 Å². The van der Waals surface area contributed by atoms with Crippen molar-refractivity contribution < 1.29 is 17.9 Å². The fourth-order valence-corrected chi connectivity index (χ4v) is 4.03. The molecule has 3 N–H and O–H groups in total. The van der Waals surface area contributed by atoms with Crippen LogP contribution >= 0.6 is 0 Å². The van der Waals surface area contributed by atoms with Gasteiger partial charge in [-0.1, -0.05) is 0 Å². The lowest BCUT2D eigenvalue weighted by Gasteiger charge is -2.26. The van der Waals surface area contributed by atoms with Crippen LogP contribution in [0.4, 0.5) is 36.4 Å². The van der Waals surface area contributed by atoms with E-state index in [4.69, 9.17) is 4.74 Å². The summed E-state index contributed by atoms with van der Waals surface area (Å²) >= 11 is 0. The van der Waals surface area contributed by atoms with Gasteiger partial charge in [0.25, 0.3) is 0 Å². The van der Waals surface area contributed by atoms with E-state index in [0.717, 1.165) is 37.4 Å². The van der Waals surface area contributed by atoms with E-state index in [2.05, 4.69) is 30.9 Å². The number of aromatic nitrogens is 4. The molecule has 1 fully saturated rings. The van der Waals surface area contributed by atoms with Crippen LogP contribution in [0.15, 0.2) is 42.6 Å². The number of methoxy groups -OCH3 is 1. The van der Waals surface area contributed by atoms with E-state index in [1.54, 1.807) is 13.3 Å². The highest BCUT2D eigenvalue weighted by Gasteiger charge is 2.24. The van der Waals surface area contributed by atoms with E-state index in [-0.39, 0.29) is 12.0 Å². The molecule has 0 amide bonds. The van der Waals surface area contributed by atoms with Gasteiger partial charge in [0, 0.05) is 23.9 Å². The van der Waals surface area contributed by atoms with E-state index < -0.39 is 23.1 Å². The summed E-state index contributed by atoms with van der Waals surface area (Å²) in [4.78, 5) is 13.5. The zero-order valence-electron chi connectivity index (χ0n) is 18.3. The second kappa shape index (κ2) is 9.18. The molecule has 0 unspecified atom stereocenters. The summed E-state index contributed by atoms with van der Waals surface area (Å²) in [6.07, 6.45) is 3.11. The first kappa shape index (κ1) is 22.0. The van der Waals surface area contributed by atoms with Gasteiger partial charge in [0.15, 0.2) is 17.3 Å². The van der Waals surface area contributed by atoms with E-state index in [0.29, 0.717) is 29.2 Å². The number of hydrogen-bond donors (Lipinski definition) is 3. The van der Waals surface area contributed by atoms with Gasteiger partial charge in [-0.2, -0.15) is 4.98 Å². The summed E-state index contributed by atoms with van der Waals surface area (Å²) in [5, 5.41) is 9.17. The average molecular weight is 469 g/mol. The monoisotopic (exact) mass is 469 g/mol. The van der Waals surface area contributed by atoms with Crippen LogP contribution in [0.1, 0.15) is 18.9 Å². The Balaban J connectivity index is 1.55. The number of hydrogen-bond acceptors (Lipinski definition) is 7. The molecule has 11 heteroatoms. The number of rotatable bonds is 6. The molecular weight excluding hydrogens is 447 g/mol. The van der Waals surface area contributed by atoms with Gasteiger partial charge in [-0.25, -0.2) is 23.1 Å². The molecule has 0 aliphatic carbocycles. The molecule has 176 valence electrons. The highest BCUT2D eigenvalue weighted by atomic mass is 19.1. The summed E-state index contributed by atoms with van der Waals surface area (Å²) in [6, 6.07) is 8.54. The van der Waals surface area contributed by atoms with Crippen LogP contribution in [0.25, 0.3) is 11.2 Å². The Morgan fingerprint density at radius 1 is 1.00 bits per heavy atom. The van der Waals surface area contributed by atoms with Crippen molar-refractivity contribution in [2.24, 2.45) is 0 Å². The first-order valence-corrected chi connectivity index (χ1v) is 10.8. The Bertz CT molecular complexity index is 1300. The molecule has 3 heterocycles. The van der Waals surface area contributed by atoms with Gasteiger partial charge in [0.1, 0.15) is 22.8 Å².